The number of thiazole rings is 1. The fourth-order valence-electron chi connectivity index (χ4n) is 1.36. The highest BCUT2D eigenvalue weighted by molar-refractivity contribution is 9.11. The Morgan fingerprint density at radius 3 is 2.04 bits per heavy atom. The minimum absolute atomic E-state index is 0.709. The summed E-state index contributed by atoms with van der Waals surface area (Å²) < 4.78 is 5.99. The Balaban J connectivity index is -0.000000287. The summed E-state index contributed by atoms with van der Waals surface area (Å²) in [6, 6.07) is 10.1. The van der Waals surface area contributed by atoms with E-state index < -0.39 is 0 Å². The van der Waals surface area contributed by atoms with Gasteiger partial charge in [0, 0.05) is 14.2 Å². The fraction of sp³-hybridized carbons (Fsp3) is 0.350. The number of benzene rings is 1. The van der Waals surface area contributed by atoms with Gasteiger partial charge in [0.25, 0.3) is 0 Å². The van der Waals surface area contributed by atoms with Crippen molar-refractivity contribution in [1.82, 2.24) is 10.3 Å². The Hall–Kier alpha value is -1.65. The molecular formula is C20H32BrN3OS. The third kappa shape index (κ3) is 20.4. The first-order valence-electron chi connectivity index (χ1n) is 7.97. The summed E-state index contributed by atoms with van der Waals surface area (Å²) >= 11 is 4.87. The van der Waals surface area contributed by atoms with E-state index in [1.807, 2.05) is 44.4 Å². The van der Waals surface area contributed by atoms with Crippen LogP contribution in [0.15, 0.2) is 53.5 Å². The molecule has 0 saturated carbocycles. The van der Waals surface area contributed by atoms with Crippen LogP contribution in [-0.2, 0) is 11.3 Å². The van der Waals surface area contributed by atoms with E-state index in [1.165, 1.54) is 12.0 Å². The molecule has 0 fully saturated rings. The highest BCUT2D eigenvalue weighted by Crippen LogP contribution is 2.22. The molecule has 1 heterocycles. The van der Waals surface area contributed by atoms with Crippen LogP contribution in [-0.4, -0.2) is 32.7 Å². The number of ether oxygens (including phenoxy) is 1. The normalized spacial score (nSPS) is 7.96. The van der Waals surface area contributed by atoms with Crippen molar-refractivity contribution in [3.63, 3.8) is 0 Å². The summed E-state index contributed by atoms with van der Waals surface area (Å²) in [6.45, 7) is 10.00. The van der Waals surface area contributed by atoms with Crippen LogP contribution in [0.25, 0.3) is 0 Å². The first kappa shape index (κ1) is 29.1. The number of aromatic nitrogens is 1. The van der Waals surface area contributed by atoms with Gasteiger partial charge in [0.05, 0.1) is 16.6 Å². The van der Waals surface area contributed by atoms with Gasteiger partial charge in [0.15, 0.2) is 5.13 Å². The second-order valence-electron chi connectivity index (χ2n) is 4.24. The van der Waals surface area contributed by atoms with Crippen molar-refractivity contribution in [2.24, 2.45) is 0 Å². The smallest absolute Gasteiger partial charge is 0.183 e. The Morgan fingerprint density at radius 1 is 1.19 bits per heavy atom. The molecule has 0 atom stereocenters. The number of nitrogens with one attached hydrogen (secondary N) is 2. The standard InChI is InChI=1S/C8H10O.C4H5BrN2S.C4H11N.C2H4.C2H2/c1-9-7-8-5-3-2-4-6-8;1-6-4-7-2-3(5)8-4;1-3-4-5-2;2*1-2/h2-6H,7H2,1H3;2H,1H3,(H,6,7);5H,3-4H2,1-2H3;1-2H2;1-2H. The van der Waals surface area contributed by atoms with Crippen molar-refractivity contribution in [2.45, 2.75) is 20.0 Å². The fourth-order valence-corrected chi connectivity index (χ4v) is 2.42. The lowest BCUT2D eigenvalue weighted by Gasteiger charge is -1.95. The highest BCUT2D eigenvalue weighted by Gasteiger charge is 1.92. The number of anilines is 1. The van der Waals surface area contributed by atoms with Gasteiger partial charge in [0.1, 0.15) is 0 Å². The van der Waals surface area contributed by atoms with Gasteiger partial charge in [-0.3, -0.25) is 0 Å². The lowest BCUT2D eigenvalue weighted by atomic mass is 10.2. The van der Waals surface area contributed by atoms with Crippen molar-refractivity contribution >= 4 is 32.4 Å². The van der Waals surface area contributed by atoms with Crippen LogP contribution < -0.4 is 10.6 Å². The summed E-state index contributed by atoms with van der Waals surface area (Å²) in [5, 5.41) is 6.88. The van der Waals surface area contributed by atoms with E-state index in [0.29, 0.717) is 6.61 Å². The molecular weight excluding hydrogens is 410 g/mol. The zero-order valence-corrected chi connectivity index (χ0v) is 18.7. The van der Waals surface area contributed by atoms with Gasteiger partial charge in [0.2, 0.25) is 0 Å². The van der Waals surface area contributed by atoms with E-state index in [9.17, 15) is 0 Å². The maximum atomic E-state index is 4.93. The van der Waals surface area contributed by atoms with E-state index in [1.54, 1.807) is 24.6 Å². The molecule has 0 amide bonds. The largest absolute Gasteiger partial charge is 0.380 e. The van der Waals surface area contributed by atoms with Crippen LogP contribution in [0.5, 0.6) is 0 Å². The Kier molecular flexibility index (Phi) is 28.7. The monoisotopic (exact) mass is 441 g/mol. The number of halogens is 1. The number of nitrogens with zero attached hydrogens (tertiary/aromatic N) is 1. The van der Waals surface area contributed by atoms with Crippen LogP contribution in [0, 0.1) is 12.8 Å². The van der Waals surface area contributed by atoms with Gasteiger partial charge < -0.3 is 15.4 Å². The average Bonchev–Trinajstić information content (AvgIpc) is 3.13. The summed E-state index contributed by atoms with van der Waals surface area (Å²) in [4.78, 5) is 3.99. The molecule has 2 aromatic rings. The lowest BCUT2D eigenvalue weighted by molar-refractivity contribution is 0.185. The SMILES string of the molecule is C#C.C=C.CCCNC.CNc1ncc(Br)s1.COCc1ccccc1. The van der Waals surface area contributed by atoms with Crippen LogP contribution in [0.1, 0.15) is 18.9 Å². The summed E-state index contributed by atoms with van der Waals surface area (Å²) in [5.41, 5.74) is 1.22. The van der Waals surface area contributed by atoms with Gasteiger partial charge in [-0.05, 0) is 41.5 Å². The van der Waals surface area contributed by atoms with E-state index in [0.717, 1.165) is 15.5 Å². The van der Waals surface area contributed by atoms with Gasteiger partial charge >= 0.3 is 0 Å². The molecule has 0 aliphatic carbocycles. The molecule has 0 aliphatic heterocycles. The predicted molar refractivity (Wildman–Crippen MR) is 122 cm³/mol. The molecule has 146 valence electrons. The van der Waals surface area contributed by atoms with Crippen LogP contribution >= 0.6 is 27.3 Å². The molecule has 0 aliphatic rings. The van der Waals surface area contributed by atoms with Crippen molar-refractivity contribution in [3.05, 3.63) is 59.0 Å². The predicted octanol–water partition coefficient (Wildman–Crippen LogP) is 5.45. The van der Waals surface area contributed by atoms with Gasteiger partial charge in [-0.15, -0.1) is 26.0 Å². The van der Waals surface area contributed by atoms with Crippen molar-refractivity contribution in [2.75, 3.05) is 33.1 Å². The topological polar surface area (TPSA) is 46.2 Å². The molecule has 1 aromatic carbocycles. The van der Waals surface area contributed by atoms with Crippen LogP contribution in [0.3, 0.4) is 0 Å². The van der Waals surface area contributed by atoms with E-state index in [2.05, 4.69) is 64.5 Å². The minimum atomic E-state index is 0.709. The van der Waals surface area contributed by atoms with Gasteiger partial charge in [-0.25, -0.2) is 4.98 Å². The number of terminal acetylenes is 1. The number of hydrogen-bond acceptors (Lipinski definition) is 5. The molecule has 2 rings (SSSR count). The van der Waals surface area contributed by atoms with Crippen molar-refractivity contribution in [3.8, 4) is 12.8 Å². The quantitative estimate of drug-likeness (QED) is 0.478. The molecule has 2 N–H and O–H groups in total. The molecule has 0 saturated heterocycles. The summed E-state index contributed by atoms with van der Waals surface area (Å²) in [6.07, 6.45) is 11.0. The van der Waals surface area contributed by atoms with Crippen LogP contribution in [0.2, 0.25) is 0 Å². The van der Waals surface area contributed by atoms with E-state index in [-0.39, 0.29) is 0 Å². The first-order chi connectivity index (χ1) is 12.7. The third-order valence-electron chi connectivity index (χ3n) is 2.35. The number of hydrogen-bond donors (Lipinski definition) is 2. The van der Waals surface area contributed by atoms with E-state index in [4.69, 9.17) is 4.74 Å². The molecule has 0 radical (unpaired) electrons. The third-order valence-corrected chi connectivity index (χ3v) is 3.84. The molecule has 4 nitrogen and oxygen atoms in total. The number of rotatable bonds is 5. The second-order valence-corrected chi connectivity index (χ2v) is 6.65. The summed E-state index contributed by atoms with van der Waals surface area (Å²) in [5.74, 6) is 0. The minimum Gasteiger partial charge on any atom is -0.380 e. The Morgan fingerprint density at radius 2 is 1.77 bits per heavy atom. The van der Waals surface area contributed by atoms with Gasteiger partial charge in [-0.2, -0.15) is 0 Å². The zero-order valence-electron chi connectivity index (χ0n) is 16.3. The van der Waals surface area contributed by atoms with Crippen molar-refractivity contribution in [1.29, 1.82) is 0 Å². The number of methoxy groups -OCH3 is 1. The lowest BCUT2D eigenvalue weighted by Crippen LogP contribution is -2.04. The zero-order chi connectivity index (χ0) is 20.6. The highest BCUT2D eigenvalue weighted by atomic mass is 79.9. The second kappa shape index (κ2) is 25.6. The molecule has 0 spiro atoms. The van der Waals surface area contributed by atoms with Gasteiger partial charge in [-0.1, -0.05) is 48.6 Å². The van der Waals surface area contributed by atoms with Crippen molar-refractivity contribution < 1.29 is 4.74 Å². The Bertz CT molecular complexity index is 516. The maximum Gasteiger partial charge on any atom is 0.183 e. The molecule has 6 heteroatoms. The molecule has 26 heavy (non-hydrogen) atoms. The molecule has 0 bridgehead atoms. The molecule has 0 unspecified atom stereocenters. The first-order valence-corrected chi connectivity index (χ1v) is 9.58. The summed E-state index contributed by atoms with van der Waals surface area (Å²) in [7, 11) is 5.52. The average molecular weight is 442 g/mol. The Labute approximate surface area is 172 Å². The maximum absolute atomic E-state index is 4.93. The van der Waals surface area contributed by atoms with E-state index >= 15 is 0 Å². The van der Waals surface area contributed by atoms with Crippen LogP contribution in [0.4, 0.5) is 5.13 Å². The molecule has 1 aromatic heterocycles.